The lowest BCUT2D eigenvalue weighted by Crippen LogP contribution is -2.62. The van der Waals surface area contributed by atoms with Gasteiger partial charge in [-0.05, 0) is 0 Å². The molecule has 0 amide bonds. The zero-order valence-electron chi connectivity index (χ0n) is 19.9. The molecule has 18 nitrogen and oxygen atoms in total. The summed E-state index contributed by atoms with van der Waals surface area (Å²) in [6, 6.07) is 0. The van der Waals surface area contributed by atoms with E-state index in [-0.39, 0.29) is 13.2 Å². The van der Waals surface area contributed by atoms with Crippen molar-refractivity contribution in [1.82, 2.24) is 5.48 Å². The van der Waals surface area contributed by atoms with Crippen LogP contribution in [0.3, 0.4) is 0 Å². The zero-order chi connectivity index (χ0) is 27.7. The highest BCUT2D eigenvalue weighted by molar-refractivity contribution is 4.92. The Bertz CT molecular complexity index is 752. The highest BCUT2D eigenvalue weighted by atomic mass is 16.8. The van der Waals surface area contributed by atoms with Gasteiger partial charge in [-0.15, -0.1) is 0 Å². The predicted octanol–water partition coefficient (Wildman–Crippen LogP) is -7.21. The van der Waals surface area contributed by atoms with Crippen molar-refractivity contribution in [3.05, 3.63) is 0 Å². The van der Waals surface area contributed by atoms with Crippen molar-refractivity contribution in [1.29, 1.82) is 0 Å². The third-order valence-corrected chi connectivity index (χ3v) is 6.88. The highest BCUT2D eigenvalue weighted by Gasteiger charge is 2.50. The summed E-state index contributed by atoms with van der Waals surface area (Å²) in [5, 5.41) is 100. The first-order valence-electron chi connectivity index (χ1n) is 12.0. The van der Waals surface area contributed by atoms with Gasteiger partial charge in [0.1, 0.15) is 73.2 Å². The molecule has 4 aliphatic heterocycles. The lowest BCUT2D eigenvalue weighted by Gasteiger charge is -2.44. The van der Waals surface area contributed by atoms with Gasteiger partial charge in [-0.2, -0.15) is 5.48 Å². The fraction of sp³-hybridized carbons (Fsp3) is 1.00. The SMILES string of the molecule is OC[C@@H]1O[C@@H](OC2C(O)[C@H](O[C@@H]3CO[C@@H](O[C@@H]4CO[C@@H](NO)C(O)C4O)C(O)[C@H]3O)OC[C@H]2O)C(O)C1O. The lowest BCUT2D eigenvalue weighted by molar-refractivity contribution is -0.351. The van der Waals surface area contributed by atoms with Crippen molar-refractivity contribution in [2.45, 2.75) is 98.3 Å². The van der Waals surface area contributed by atoms with Gasteiger partial charge >= 0.3 is 0 Å². The van der Waals surface area contributed by atoms with E-state index < -0.39 is 112 Å². The number of aliphatic hydroxyl groups is 9. The van der Waals surface area contributed by atoms with Crippen molar-refractivity contribution in [2.75, 3.05) is 26.4 Å². The quantitative estimate of drug-likeness (QED) is 0.123. The first-order chi connectivity index (χ1) is 18.1. The Morgan fingerprint density at radius 1 is 0.605 bits per heavy atom. The molecule has 4 fully saturated rings. The molecular formula is C20H35NO17. The monoisotopic (exact) mass is 561 g/mol. The smallest absolute Gasteiger partial charge is 0.187 e. The third-order valence-electron chi connectivity index (χ3n) is 6.88. The molecule has 4 saturated heterocycles. The van der Waals surface area contributed by atoms with E-state index in [4.69, 9.17) is 38.4 Å². The Hall–Kier alpha value is -0.720. The summed E-state index contributed by atoms with van der Waals surface area (Å²) in [7, 11) is 0. The number of aliphatic hydroxyl groups excluding tert-OH is 9. The normalized spacial score (nSPS) is 52.3. The van der Waals surface area contributed by atoms with Crippen LogP contribution in [0.15, 0.2) is 0 Å². The van der Waals surface area contributed by atoms with Gasteiger partial charge < -0.3 is 84.3 Å². The Morgan fingerprint density at radius 2 is 1.16 bits per heavy atom. The first kappa shape index (κ1) is 30.2. The minimum absolute atomic E-state index is 0.291. The molecule has 18 heteroatoms. The summed E-state index contributed by atoms with van der Waals surface area (Å²) >= 11 is 0. The minimum Gasteiger partial charge on any atom is -0.394 e. The maximum absolute atomic E-state index is 10.7. The van der Waals surface area contributed by atoms with E-state index in [9.17, 15) is 46.0 Å². The Morgan fingerprint density at radius 3 is 1.76 bits per heavy atom. The molecule has 0 spiro atoms. The van der Waals surface area contributed by atoms with Crippen LogP contribution in [0.5, 0.6) is 0 Å². The van der Waals surface area contributed by atoms with Crippen molar-refractivity contribution < 1.29 is 84.3 Å². The molecule has 0 aromatic heterocycles. The molecule has 4 heterocycles. The molecule has 0 bridgehead atoms. The van der Waals surface area contributed by atoms with E-state index in [0.29, 0.717) is 0 Å². The van der Waals surface area contributed by atoms with Crippen LogP contribution in [0.2, 0.25) is 0 Å². The van der Waals surface area contributed by atoms with Gasteiger partial charge in [-0.3, -0.25) is 0 Å². The van der Waals surface area contributed by atoms with E-state index in [1.807, 2.05) is 0 Å². The molecule has 7 unspecified atom stereocenters. The number of hydrogen-bond donors (Lipinski definition) is 11. The number of nitrogens with one attached hydrogen (secondary N) is 1. The molecule has 4 aliphatic rings. The van der Waals surface area contributed by atoms with Crippen molar-refractivity contribution in [3.63, 3.8) is 0 Å². The fourth-order valence-electron chi connectivity index (χ4n) is 4.57. The zero-order valence-corrected chi connectivity index (χ0v) is 19.9. The number of hydroxylamine groups is 1. The van der Waals surface area contributed by atoms with Gasteiger partial charge in [-0.1, -0.05) is 0 Å². The van der Waals surface area contributed by atoms with E-state index in [2.05, 4.69) is 0 Å². The fourth-order valence-corrected chi connectivity index (χ4v) is 4.57. The summed E-state index contributed by atoms with van der Waals surface area (Å²) in [5.41, 5.74) is 1.68. The molecule has 0 radical (unpaired) electrons. The van der Waals surface area contributed by atoms with E-state index in [1.54, 1.807) is 5.48 Å². The van der Waals surface area contributed by atoms with Gasteiger partial charge in [0.25, 0.3) is 0 Å². The molecule has 16 atom stereocenters. The average Bonchev–Trinajstić information content (AvgIpc) is 3.18. The van der Waals surface area contributed by atoms with Crippen molar-refractivity contribution >= 4 is 0 Å². The van der Waals surface area contributed by atoms with Gasteiger partial charge in [0, 0.05) is 0 Å². The van der Waals surface area contributed by atoms with Crippen LogP contribution in [0.25, 0.3) is 0 Å². The lowest BCUT2D eigenvalue weighted by atomic mass is 10.0. The summed E-state index contributed by atoms with van der Waals surface area (Å²) in [6.07, 6.45) is -23.3. The van der Waals surface area contributed by atoms with E-state index in [0.717, 1.165) is 0 Å². The summed E-state index contributed by atoms with van der Waals surface area (Å²) < 4.78 is 37.5. The highest BCUT2D eigenvalue weighted by Crippen LogP contribution is 2.30. The maximum Gasteiger partial charge on any atom is 0.187 e. The third kappa shape index (κ3) is 6.12. The Balaban J connectivity index is 1.31. The topological polar surface area (TPSA) is 279 Å². The van der Waals surface area contributed by atoms with E-state index >= 15 is 0 Å². The molecule has 222 valence electrons. The molecule has 11 N–H and O–H groups in total. The van der Waals surface area contributed by atoms with Gasteiger partial charge in [-0.25, -0.2) is 0 Å². The van der Waals surface area contributed by atoms with E-state index in [1.165, 1.54) is 0 Å². The van der Waals surface area contributed by atoms with Gasteiger partial charge in [0.15, 0.2) is 25.1 Å². The standard InChI is InChI=1S/C20H35NO17/c22-1-6-9(24)14(29)20(35-6)38-16-5(23)2-33-19(15(16)30)37-8-4-34-18(13(28)11(8)26)36-7-3-32-17(21-31)12(27)10(7)25/h5-31H,1-4H2/t5-,6+,7-,8-,9?,10?,11+,12?,13?,14?,15?,16?,17-,18+,19+,20+/m1/s1. The average molecular weight is 561 g/mol. The minimum atomic E-state index is -1.72. The van der Waals surface area contributed by atoms with Crippen molar-refractivity contribution in [2.24, 2.45) is 0 Å². The molecule has 0 aliphatic carbocycles. The van der Waals surface area contributed by atoms with Crippen LogP contribution in [-0.4, -0.2) is 176 Å². The molecule has 0 aromatic carbocycles. The van der Waals surface area contributed by atoms with Crippen LogP contribution in [0.1, 0.15) is 0 Å². The molecule has 4 rings (SSSR count). The largest absolute Gasteiger partial charge is 0.394 e. The number of ether oxygens (including phenoxy) is 7. The van der Waals surface area contributed by atoms with Crippen LogP contribution in [0.4, 0.5) is 0 Å². The second-order valence-electron chi connectivity index (χ2n) is 9.46. The summed E-state index contributed by atoms with van der Waals surface area (Å²) in [4.78, 5) is 0. The van der Waals surface area contributed by atoms with Gasteiger partial charge in [0.2, 0.25) is 0 Å². The Labute approximate surface area is 215 Å². The number of hydrogen-bond acceptors (Lipinski definition) is 18. The molecule has 0 aromatic rings. The molecule has 38 heavy (non-hydrogen) atoms. The summed E-state index contributed by atoms with van der Waals surface area (Å²) in [5.74, 6) is 0. The van der Waals surface area contributed by atoms with Crippen LogP contribution >= 0.6 is 0 Å². The first-order valence-corrected chi connectivity index (χ1v) is 12.0. The number of rotatable bonds is 8. The maximum atomic E-state index is 10.7. The molecular weight excluding hydrogens is 526 g/mol. The van der Waals surface area contributed by atoms with Crippen LogP contribution < -0.4 is 5.48 Å². The van der Waals surface area contributed by atoms with Crippen LogP contribution in [-0.2, 0) is 33.2 Å². The Kier molecular flexibility index (Phi) is 10.2. The van der Waals surface area contributed by atoms with Crippen LogP contribution in [0, 0.1) is 0 Å². The second-order valence-corrected chi connectivity index (χ2v) is 9.46. The summed E-state index contributed by atoms with van der Waals surface area (Å²) in [6.45, 7) is -1.68. The predicted molar refractivity (Wildman–Crippen MR) is 113 cm³/mol. The van der Waals surface area contributed by atoms with Gasteiger partial charge in [0.05, 0.1) is 26.4 Å². The molecule has 0 saturated carbocycles. The second kappa shape index (κ2) is 12.9. The van der Waals surface area contributed by atoms with Crippen molar-refractivity contribution in [3.8, 4) is 0 Å².